The molecule has 0 N–H and O–H groups in total. The van der Waals surface area contributed by atoms with Gasteiger partial charge in [0.2, 0.25) is 5.91 Å². The highest BCUT2D eigenvalue weighted by atomic mass is 16.2. The minimum atomic E-state index is -0.682. The number of rotatable bonds is 1. The van der Waals surface area contributed by atoms with Crippen molar-refractivity contribution in [3.63, 3.8) is 0 Å². The van der Waals surface area contributed by atoms with Gasteiger partial charge in [0.15, 0.2) is 0 Å². The van der Waals surface area contributed by atoms with Gasteiger partial charge in [-0.1, -0.05) is 12.1 Å². The molecule has 5 heteroatoms. The first-order chi connectivity index (χ1) is 11.3. The van der Waals surface area contributed by atoms with Crippen molar-refractivity contribution in [1.29, 1.82) is 0 Å². The Morgan fingerprint density at radius 2 is 1.46 bits per heavy atom. The molecule has 2 aliphatic rings. The first-order valence-electron chi connectivity index (χ1n) is 7.74. The van der Waals surface area contributed by atoms with Gasteiger partial charge in [-0.3, -0.25) is 14.4 Å². The van der Waals surface area contributed by atoms with E-state index in [1.54, 1.807) is 54.4 Å². The van der Waals surface area contributed by atoms with Crippen molar-refractivity contribution in [3.8, 4) is 0 Å². The van der Waals surface area contributed by atoms with E-state index in [2.05, 4.69) is 0 Å². The molecular formula is C19H16N2O3. The molecular weight excluding hydrogens is 304 g/mol. The van der Waals surface area contributed by atoms with Crippen LogP contribution in [0.3, 0.4) is 0 Å². The summed E-state index contributed by atoms with van der Waals surface area (Å²) in [6.45, 7) is 3.70. The van der Waals surface area contributed by atoms with E-state index < -0.39 is 5.41 Å². The number of carbonyl (C=O) groups excluding carboxylic acids is 3. The number of amides is 3. The Hall–Kier alpha value is -2.95. The van der Waals surface area contributed by atoms with Gasteiger partial charge in [-0.15, -0.1) is 0 Å². The van der Waals surface area contributed by atoms with Crippen molar-refractivity contribution in [2.75, 3.05) is 16.8 Å². The lowest BCUT2D eigenvalue weighted by Gasteiger charge is -2.19. The summed E-state index contributed by atoms with van der Waals surface area (Å²) >= 11 is 0. The Balaban J connectivity index is 1.84. The second-order valence-corrected chi connectivity index (χ2v) is 6.68. The molecule has 2 aromatic carbocycles. The number of nitrogens with zero attached hydrogens (tertiary/aromatic N) is 2. The SMILES string of the molecule is CN1C(=O)C(C)(C)c2cc(N3C(=O)c4ccccc4C3=O)ccc21. The number of carbonyl (C=O) groups is 3. The van der Waals surface area contributed by atoms with Crippen molar-refractivity contribution in [2.45, 2.75) is 19.3 Å². The third kappa shape index (κ3) is 1.67. The quantitative estimate of drug-likeness (QED) is 0.759. The molecule has 0 spiro atoms. The zero-order chi connectivity index (χ0) is 17.2. The topological polar surface area (TPSA) is 57.7 Å². The smallest absolute Gasteiger partial charge is 0.266 e. The number of hydrogen-bond acceptors (Lipinski definition) is 3. The maximum Gasteiger partial charge on any atom is 0.266 e. The fourth-order valence-electron chi connectivity index (χ4n) is 3.52. The van der Waals surface area contributed by atoms with E-state index in [-0.39, 0.29) is 17.7 Å². The molecule has 0 bridgehead atoms. The van der Waals surface area contributed by atoms with Crippen LogP contribution in [0.2, 0.25) is 0 Å². The van der Waals surface area contributed by atoms with Crippen LogP contribution >= 0.6 is 0 Å². The summed E-state index contributed by atoms with van der Waals surface area (Å²) in [7, 11) is 1.73. The maximum atomic E-state index is 12.6. The molecule has 2 aromatic rings. The minimum Gasteiger partial charge on any atom is -0.314 e. The lowest BCUT2D eigenvalue weighted by molar-refractivity contribution is -0.121. The molecule has 120 valence electrons. The van der Waals surface area contributed by atoms with Gasteiger partial charge in [0.1, 0.15) is 0 Å². The van der Waals surface area contributed by atoms with E-state index in [0.717, 1.165) is 11.3 Å². The molecule has 2 aliphatic heterocycles. The molecule has 0 atom stereocenters. The number of hydrogen-bond donors (Lipinski definition) is 0. The summed E-state index contributed by atoms with van der Waals surface area (Å²) in [5.74, 6) is -0.658. The maximum absolute atomic E-state index is 12.6. The molecule has 3 amide bonds. The van der Waals surface area contributed by atoms with E-state index >= 15 is 0 Å². The second-order valence-electron chi connectivity index (χ2n) is 6.68. The summed E-state index contributed by atoms with van der Waals surface area (Å²) < 4.78 is 0. The monoisotopic (exact) mass is 320 g/mol. The summed E-state index contributed by atoms with van der Waals surface area (Å²) in [6.07, 6.45) is 0. The zero-order valence-corrected chi connectivity index (χ0v) is 13.7. The molecule has 0 fully saturated rings. The largest absolute Gasteiger partial charge is 0.314 e. The highest BCUT2D eigenvalue weighted by molar-refractivity contribution is 6.34. The fraction of sp³-hybridized carbons (Fsp3) is 0.211. The standard InChI is InChI=1S/C19H16N2O3/c1-19(2)14-10-11(8-9-15(14)20(3)18(19)24)21-16(22)12-6-4-5-7-13(12)17(21)23/h4-10H,1-3H3. The van der Waals surface area contributed by atoms with Crippen molar-refractivity contribution in [3.05, 3.63) is 59.2 Å². The van der Waals surface area contributed by atoms with Gasteiger partial charge >= 0.3 is 0 Å². The third-order valence-corrected chi connectivity index (χ3v) is 4.91. The van der Waals surface area contributed by atoms with Gasteiger partial charge in [-0.2, -0.15) is 0 Å². The Labute approximate surface area is 139 Å². The summed E-state index contributed by atoms with van der Waals surface area (Å²) in [6, 6.07) is 12.1. The third-order valence-electron chi connectivity index (χ3n) is 4.91. The first kappa shape index (κ1) is 14.6. The van der Waals surface area contributed by atoms with Crippen LogP contribution in [0.25, 0.3) is 0 Å². The molecule has 0 radical (unpaired) electrons. The highest BCUT2D eigenvalue weighted by Gasteiger charge is 2.43. The number of benzene rings is 2. The molecule has 0 aromatic heterocycles. The average Bonchev–Trinajstić information content (AvgIpc) is 2.93. The molecule has 24 heavy (non-hydrogen) atoms. The van der Waals surface area contributed by atoms with Crippen LogP contribution in [0.4, 0.5) is 11.4 Å². The molecule has 4 rings (SSSR count). The molecule has 0 unspecified atom stereocenters. The molecule has 0 saturated carbocycles. The van der Waals surface area contributed by atoms with Crippen LogP contribution < -0.4 is 9.80 Å². The van der Waals surface area contributed by atoms with Crippen molar-refractivity contribution in [2.24, 2.45) is 0 Å². The van der Waals surface area contributed by atoms with Crippen LogP contribution in [-0.4, -0.2) is 24.8 Å². The number of fused-ring (bicyclic) bond motifs is 2. The molecule has 5 nitrogen and oxygen atoms in total. The Bertz CT molecular complexity index is 895. The van der Waals surface area contributed by atoms with Gasteiger partial charge in [-0.05, 0) is 49.7 Å². The lowest BCUT2D eigenvalue weighted by Crippen LogP contribution is -2.33. The number of anilines is 2. The van der Waals surface area contributed by atoms with E-state index in [4.69, 9.17) is 0 Å². The van der Waals surface area contributed by atoms with Gasteiger partial charge in [0, 0.05) is 12.7 Å². The first-order valence-corrected chi connectivity index (χ1v) is 7.74. The fourth-order valence-corrected chi connectivity index (χ4v) is 3.52. The van der Waals surface area contributed by atoms with Crippen LogP contribution in [0, 0.1) is 0 Å². The predicted octanol–water partition coefficient (Wildman–Crippen LogP) is 2.74. The van der Waals surface area contributed by atoms with Crippen molar-refractivity contribution < 1.29 is 14.4 Å². The van der Waals surface area contributed by atoms with Gasteiger partial charge in [-0.25, -0.2) is 4.90 Å². The van der Waals surface area contributed by atoms with Gasteiger partial charge < -0.3 is 4.90 Å². The van der Waals surface area contributed by atoms with Crippen molar-refractivity contribution in [1.82, 2.24) is 0 Å². The Morgan fingerprint density at radius 1 is 0.875 bits per heavy atom. The lowest BCUT2D eigenvalue weighted by atomic mass is 9.86. The average molecular weight is 320 g/mol. The van der Waals surface area contributed by atoms with Crippen molar-refractivity contribution >= 4 is 29.1 Å². The highest BCUT2D eigenvalue weighted by Crippen LogP contribution is 2.43. The van der Waals surface area contributed by atoms with Gasteiger partial charge in [0.05, 0.1) is 22.2 Å². The predicted molar refractivity (Wildman–Crippen MR) is 90.5 cm³/mol. The number of likely N-dealkylation sites (N-methyl/N-ethyl adjacent to an activating group) is 1. The van der Waals surface area contributed by atoms with E-state index in [0.29, 0.717) is 16.8 Å². The second kappa shape index (κ2) is 4.54. The van der Waals surface area contributed by atoms with Crippen LogP contribution in [0.15, 0.2) is 42.5 Å². The normalized spacial score (nSPS) is 18.2. The molecule has 0 saturated heterocycles. The molecule has 2 heterocycles. The van der Waals surface area contributed by atoms with Crippen LogP contribution in [0.1, 0.15) is 40.1 Å². The minimum absolute atomic E-state index is 0.00277. The zero-order valence-electron chi connectivity index (χ0n) is 13.7. The van der Waals surface area contributed by atoms with Crippen LogP contribution in [-0.2, 0) is 10.2 Å². The van der Waals surface area contributed by atoms with Gasteiger partial charge in [0.25, 0.3) is 11.8 Å². The number of imide groups is 1. The summed E-state index contributed by atoms with van der Waals surface area (Å²) in [5.41, 5.74) is 2.27. The Kier molecular flexibility index (Phi) is 2.77. The summed E-state index contributed by atoms with van der Waals surface area (Å²) in [4.78, 5) is 40.5. The van der Waals surface area contributed by atoms with E-state index in [1.165, 1.54) is 4.90 Å². The van der Waals surface area contributed by atoms with E-state index in [1.807, 2.05) is 13.8 Å². The van der Waals surface area contributed by atoms with Crippen LogP contribution in [0.5, 0.6) is 0 Å². The van der Waals surface area contributed by atoms with E-state index in [9.17, 15) is 14.4 Å². The Morgan fingerprint density at radius 3 is 2.04 bits per heavy atom. The summed E-state index contributed by atoms with van der Waals surface area (Å²) in [5, 5.41) is 0. The molecule has 0 aliphatic carbocycles.